The first-order chi connectivity index (χ1) is 8.24. The van der Waals surface area contributed by atoms with Gasteiger partial charge in [0.25, 0.3) is 0 Å². The molecule has 1 fully saturated rings. The molecule has 17 heavy (non-hydrogen) atoms. The largest absolute Gasteiger partial charge is 0.492 e. The van der Waals surface area contributed by atoms with Crippen LogP contribution in [0.4, 0.5) is 10.1 Å². The summed E-state index contributed by atoms with van der Waals surface area (Å²) in [5.74, 6) is 0.777. The summed E-state index contributed by atoms with van der Waals surface area (Å²) in [7, 11) is 0. The average Bonchev–Trinajstić information content (AvgIpc) is 2.29. The van der Waals surface area contributed by atoms with Gasteiger partial charge in [0.1, 0.15) is 18.5 Å². The van der Waals surface area contributed by atoms with Gasteiger partial charge in [-0.1, -0.05) is 6.07 Å². The quantitative estimate of drug-likeness (QED) is 0.816. The van der Waals surface area contributed by atoms with Crippen molar-refractivity contribution in [1.29, 1.82) is 0 Å². The summed E-state index contributed by atoms with van der Waals surface area (Å²) < 4.78 is 18.7. The molecule has 0 radical (unpaired) electrons. The normalized spacial score (nSPS) is 21.4. The van der Waals surface area contributed by atoms with E-state index in [2.05, 4.69) is 4.90 Å². The zero-order valence-corrected chi connectivity index (χ0v) is 9.94. The fraction of sp³-hybridized carbons (Fsp3) is 0.538. The van der Waals surface area contributed by atoms with E-state index in [1.807, 2.05) is 18.2 Å². The van der Waals surface area contributed by atoms with E-state index in [0.717, 1.165) is 25.3 Å². The van der Waals surface area contributed by atoms with Gasteiger partial charge in [0.15, 0.2) is 0 Å². The molecule has 0 spiro atoms. The van der Waals surface area contributed by atoms with Crippen molar-refractivity contribution in [2.75, 3.05) is 32.0 Å². The monoisotopic (exact) mass is 238 g/mol. The van der Waals surface area contributed by atoms with Crippen LogP contribution in [-0.4, -0.2) is 37.3 Å². The van der Waals surface area contributed by atoms with Gasteiger partial charge in [0.2, 0.25) is 0 Å². The zero-order chi connectivity index (χ0) is 12.1. The molecule has 1 aromatic rings. The summed E-state index contributed by atoms with van der Waals surface area (Å²) in [6.07, 6.45) is 0.975. The summed E-state index contributed by atoms with van der Waals surface area (Å²) in [6, 6.07) is 7.37. The molecule has 1 aliphatic rings. The van der Waals surface area contributed by atoms with Gasteiger partial charge in [-0.3, -0.25) is 4.90 Å². The molecule has 94 valence electrons. The third kappa shape index (κ3) is 3.89. The third-order valence-corrected chi connectivity index (χ3v) is 2.98. The van der Waals surface area contributed by atoms with E-state index in [1.165, 1.54) is 0 Å². The van der Waals surface area contributed by atoms with Gasteiger partial charge in [-0.25, -0.2) is 4.39 Å². The number of alkyl halides is 1. The number of nitrogens with two attached hydrogens (primary N) is 1. The van der Waals surface area contributed by atoms with Crippen LogP contribution in [0.5, 0.6) is 5.75 Å². The van der Waals surface area contributed by atoms with E-state index in [0.29, 0.717) is 25.3 Å². The van der Waals surface area contributed by atoms with E-state index in [9.17, 15) is 4.39 Å². The molecule has 1 aliphatic heterocycles. The van der Waals surface area contributed by atoms with Gasteiger partial charge in [0.05, 0.1) is 0 Å². The van der Waals surface area contributed by atoms with Crippen LogP contribution >= 0.6 is 0 Å². The molecule has 1 saturated heterocycles. The van der Waals surface area contributed by atoms with Gasteiger partial charge in [-0.05, 0) is 31.5 Å². The van der Waals surface area contributed by atoms with Crippen molar-refractivity contribution in [3.63, 3.8) is 0 Å². The van der Waals surface area contributed by atoms with Crippen molar-refractivity contribution in [1.82, 2.24) is 4.90 Å². The molecule has 2 rings (SSSR count). The number of nitrogen functional groups attached to an aromatic ring is 1. The maximum Gasteiger partial charge on any atom is 0.121 e. The lowest BCUT2D eigenvalue weighted by Crippen LogP contribution is -2.38. The van der Waals surface area contributed by atoms with Crippen molar-refractivity contribution in [2.45, 2.75) is 19.0 Å². The van der Waals surface area contributed by atoms with Crippen LogP contribution in [0.25, 0.3) is 0 Å². The van der Waals surface area contributed by atoms with Crippen LogP contribution in [0.3, 0.4) is 0 Å². The molecular weight excluding hydrogens is 219 g/mol. The van der Waals surface area contributed by atoms with E-state index in [1.54, 1.807) is 6.07 Å². The number of piperidine rings is 1. The van der Waals surface area contributed by atoms with E-state index in [-0.39, 0.29) is 0 Å². The molecule has 2 N–H and O–H groups in total. The van der Waals surface area contributed by atoms with Gasteiger partial charge in [-0.2, -0.15) is 0 Å². The summed E-state index contributed by atoms with van der Waals surface area (Å²) in [5, 5.41) is 0. The number of nitrogens with zero attached hydrogens (tertiary/aromatic N) is 1. The molecule has 4 heteroatoms. The summed E-state index contributed by atoms with van der Waals surface area (Å²) in [5.41, 5.74) is 6.35. The highest BCUT2D eigenvalue weighted by molar-refractivity contribution is 5.43. The Morgan fingerprint density at radius 3 is 3.12 bits per heavy atom. The Hall–Kier alpha value is -1.29. The molecule has 0 saturated carbocycles. The smallest absolute Gasteiger partial charge is 0.121 e. The van der Waals surface area contributed by atoms with Crippen LogP contribution in [0.1, 0.15) is 12.8 Å². The molecule has 1 aromatic carbocycles. The SMILES string of the molecule is Nc1cccc(OCCN2CCCC(F)C2)c1. The zero-order valence-electron chi connectivity index (χ0n) is 9.94. The van der Waals surface area contributed by atoms with Crippen LogP contribution in [0, 0.1) is 0 Å². The Kier molecular flexibility index (Phi) is 4.20. The van der Waals surface area contributed by atoms with E-state index < -0.39 is 6.17 Å². The van der Waals surface area contributed by atoms with Crippen molar-refractivity contribution >= 4 is 5.69 Å². The minimum Gasteiger partial charge on any atom is -0.492 e. The number of hydrogen-bond acceptors (Lipinski definition) is 3. The van der Waals surface area contributed by atoms with Crippen molar-refractivity contribution in [3.8, 4) is 5.75 Å². The molecule has 0 amide bonds. The number of benzene rings is 1. The standard InChI is InChI=1S/C13H19FN2O/c14-11-3-2-6-16(10-11)7-8-17-13-5-1-4-12(15)9-13/h1,4-5,9,11H,2-3,6-8,10,15H2. The first-order valence-corrected chi connectivity index (χ1v) is 6.09. The number of halogens is 1. The Labute approximate surface area is 101 Å². The lowest BCUT2D eigenvalue weighted by Gasteiger charge is -2.28. The lowest BCUT2D eigenvalue weighted by molar-refractivity contribution is 0.121. The molecule has 1 heterocycles. The predicted octanol–water partition coefficient (Wildman–Crippen LogP) is 2.08. The van der Waals surface area contributed by atoms with Crippen molar-refractivity contribution < 1.29 is 9.13 Å². The predicted molar refractivity (Wildman–Crippen MR) is 66.9 cm³/mol. The highest BCUT2D eigenvalue weighted by Crippen LogP contribution is 2.15. The van der Waals surface area contributed by atoms with E-state index in [4.69, 9.17) is 10.5 Å². The Balaban J connectivity index is 1.72. The number of hydrogen-bond donors (Lipinski definition) is 1. The highest BCUT2D eigenvalue weighted by atomic mass is 19.1. The van der Waals surface area contributed by atoms with Crippen LogP contribution in [-0.2, 0) is 0 Å². The second-order valence-electron chi connectivity index (χ2n) is 4.46. The maximum atomic E-state index is 13.1. The average molecular weight is 238 g/mol. The maximum absolute atomic E-state index is 13.1. The third-order valence-electron chi connectivity index (χ3n) is 2.98. The molecule has 0 aromatic heterocycles. The molecule has 0 aliphatic carbocycles. The Morgan fingerprint density at radius 1 is 1.47 bits per heavy atom. The number of anilines is 1. The van der Waals surface area contributed by atoms with Crippen LogP contribution < -0.4 is 10.5 Å². The van der Waals surface area contributed by atoms with E-state index >= 15 is 0 Å². The molecular formula is C13H19FN2O. The van der Waals surface area contributed by atoms with Crippen molar-refractivity contribution in [3.05, 3.63) is 24.3 Å². The molecule has 0 bridgehead atoms. The Bertz CT molecular complexity index is 359. The number of rotatable bonds is 4. The summed E-state index contributed by atoms with van der Waals surface area (Å²) in [6.45, 7) is 2.87. The van der Waals surface area contributed by atoms with Gasteiger partial charge in [-0.15, -0.1) is 0 Å². The Morgan fingerprint density at radius 2 is 2.35 bits per heavy atom. The fourth-order valence-corrected chi connectivity index (χ4v) is 2.10. The van der Waals surface area contributed by atoms with Gasteiger partial charge >= 0.3 is 0 Å². The lowest BCUT2D eigenvalue weighted by atomic mass is 10.1. The van der Waals surface area contributed by atoms with Gasteiger partial charge < -0.3 is 10.5 Å². The summed E-state index contributed by atoms with van der Waals surface area (Å²) >= 11 is 0. The first-order valence-electron chi connectivity index (χ1n) is 6.09. The van der Waals surface area contributed by atoms with Crippen LogP contribution in [0.2, 0.25) is 0 Å². The molecule has 1 unspecified atom stereocenters. The second kappa shape index (κ2) is 5.87. The highest BCUT2D eigenvalue weighted by Gasteiger charge is 2.18. The fourth-order valence-electron chi connectivity index (χ4n) is 2.10. The number of likely N-dealkylation sites (tertiary alicyclic amines) is 1. The topological polar surface area (TPSA) is 38.5 Å². The summed E-state index contributed by atoms with van der Waals surface area (Å²) in [4.78, 5) is 2.11. The minimum atomic E-state index is -0.670. The number of ether oxygens (including phenoxy) is 1. The molecule has 3 nitrogen and oxygen atoms in total. The molecule has 1 atom stereocenters. The van der Waals surface area contributed by atoms with Crippen molar-refractivity contribution in [2.24, 2.45) is 0 Å². The van der Waals surface area contributed by atoms with Crippen LogP contribution in [0.15, 0.2) is 24.3 Å². The minimum absolute atomic E-state index is 0.542. The van der Waals surface area contributed by atoms with Gasteiger partial charge in [0, 0.05) is 24.8 Å². The second-order valence-corrected chi connectivity index (χ2v) is 4.46. The first kappa shape index (κ1) is 12.2.